The van der Waals surface area contributed by atoms with Crippen LogP contribution in [-0.2, 0) is 6.42 Å². The Morgan fingerprint density at radius 2 is 1.76 bits per heavy atom. The summed E-state index contributed by atoms with van der Waals surface area (Å²) in [7, 11) is 0. The third-order valence-electron chi connectivity index (χ3n) is 2.96. The van der Waals surface area contributed by atoms with Crippen LogP contribution >= 0.6 is 22.9 Å². The summed E-state index contributed by atoms with van der Waals surface area (Å²) in [6.45, 7) is 4.02. The molecule has 110 valence electrons. The standard InChI is InChI=1S/C15H15ClN2O2S/c1-3-12-9(2)8-13(21-12)15(20)18-17-14(19)10-4-6-11(16)7-5-10/h4-8H,3H2,1-2H3,(H,17,19)(H,18,20). The fraction of sp³-hybridized carbons (Fsp3) is 0.200. The number of benzene rings is 1. The molecule has 1 heterocycles. The summed E-state index contributed by atoms with van der Waals surface area (Å²) >= 11 is 7.19. The first-order chi connectivity index (χ1) is 10.0. The molecule has 0 saturated heterocycles. The lowest BCUT2D eigenvalue weighted by atomic mass is 10.2. The molecule has 2 aromatic rings. The number of thiophene rings is 1. The second kappa shape index (κ2) is 6.74. The number of hydrazine groups is 1. The highest BCUT2D eigenvalue weighted by Gasteiger charge is 2.13. The van der Waals surface area contributed by atoms with Gasteiger partial charge >= 0.3 is 0 Å². The van der Waals surface area contributed by atoms with Gasteiger partial charge in [-0.2, -0.15) is 0 Å². The van der Waals surface area contributed by atoms with Crippen LogP contribution < -0.4 is 10.9 Å². The van der Waals surface area contributed by atoms with Crippen LogP contribution in [0.2, 0.25) is 5.02 Å². The highest BCUT2D eigenvalue weighted by atomic mass is 35.5. The van der Waals surface area contributed by atoms with Crippen LogP contribution in [0.5, 0.6) is 0 Å². The van der Waals surface area contributed by atoms with Gasteiger partial charge in [0.25, 0.3) is 11.8 Å². The van der Waals surface area contributed by atoms with Crippen molar-refractivity contribution in [3.63, 3.8) is 0 Å². The minimum Gasteiger partial charge on any atom is -0.267 e. The number of halogens is 1. The lowest BCUT2D eigenvalue weighted by Gasteiger charge is -2.06. The maximum absolute atomic E-state index is 12.0. The Morgan fingerprint density at radius 1 is 1.14 bits per heavy atom. The summed E-state index contributed by atoms with van der Waals surface area (Å²) < 4.78 is 0. The van der Waals surface area contributed by atoms with Crippen LogP contribution in [0.25, 0.3) is 0 Å². The number of aryl methyl sites for hydroxylation is 2. The lowest BCUT2D eigenvalue weighted by Crippen LogP contribution is -2.41. The van der Waals surface area contributed by atoms with Gasteiger partial charge in [0.05, 0.1) is 4.88 Å². The Hall–Kier alpha value is -1.85. The molecule has 0 saturated carbocycles. The number of carbonyl (C=O) groups excluding carboxylic acids is 2. The topological polar surface area (TPSA) is 58.2 Å². The molecule has 4 nitrogen and oxygen atoms in total. The van der Waals surface area contributed by atoms with Gasteiger partial charge in [0.15, 0.2) is 0 Å². The second-order valence-electron chi connectivity index (χ2n) is 4.49. The Balaban J connectivity index is 1.97. The van der Waals surface area contributed by atoms with E-state index in [0.29, 0.717) is 15.5 Å². The van der Waals surface area contributed by atoms with Crippen molar-refractivity contribution in [2.24, 2.45) is 0 Å². The number of hydrogen-bond acceptors (Lipinski definition) is 3. The van der Waals surface area contributed by atoms with Gasteiger partial charge in [-0.3, -0.25) is 20.4 Å². The van der Waals surface area contributed by atoms with E-state index >= 15 is 0 Å². The molecule has 0 atom stereocenters. The van der Waals surface area contributed by atoms with Crippen LogP contribution in [0.3, 0.4) is 0 Å². The van der Waals surface area contributed by atoms with E-state index in [1.54, 1.807) is 24.3 Å². The first kappa shape index (κ1) is 15.5. The zero-order valence-electron chi connectivity index (χ0n) is 11.7. The third kappa shape index (κ3) is 3.83. The van der Waals surface area contributed by atoms with Crippen molar-refractivity contribution in [1.29, 1.82) is 0 Å². The highest BCUT2D eigenvalue weighted by Crippen LogP contribution is 2.22. The van der Waals surface area contributed by atoms with Crippen LogP contribution in [0.4, 0.5) is 0 Å². The lowest BCUT2D eigenvalue weighted by molar-refractivity contribution is 0.0849. The van der Waals surface area contributed by atoms with Gasteiger partial charge < -0.3 is 0 Å². The van der Waals surface area contributed by atoms with Crippen LogP contribution in [0, 0.1) is 6.92 Å². The quantitative estimate of drug-likeness (QED) is 0.851. The van der Waals surface area contributed by atoms with Crippen LogP contribution in [0.1, 0.15) is 37.4 Å². The summed E-state index contributed by atoms with van der Waals surface area (Å²) in [5, 5.41) is 0.553. The fourth-order valence-corrected chi connectivity index (χ4v) is 2.97. The highest BCUT2D eigenvalue weighted by molar-refractivity contribution is 7.14. The van der Waals surface area contributed by atoms with E-state index in [-0.39, 0.29) is 11.8 Å². The maximum Gasteiger partial charge on any atom is 0.279 e. The van der Waals surface area contributed by atoms with Gasteiger partial charge in [0, 0.05) is 15.5 Å². The molecule has 6 heteroatoms. The molecular weight excluding hydrogens is 308 g/mol. The Morgan fingerprint density at radius 3 is 2.33 bits per heavy atom. The average Bonchev–Trinajstić information content (AvgIpc) is 2.86. The molecule has 1 aromatic heterocycles. The van der Waals surface area contributed by atoms with Crippen molar-refractivity contribution in [3.8, 4) is 0 Å². The minimum absolute atomic E-state index is 0.315. The molecule has 0 aliphatic rings. The van der Waals surface area contributed by atoms with E-state index in [2.05, 4.69) is 10.9 Å². The predicted molar refractivity (Wildman–Crippen MR) is 84.8 cm³/mol. The van der Waals surface area contributed by atoms with Gasteiger partial charge in [0.1, 0.15) is 0 Å². The average molecular weight is 323 g/mol. The Bertz CT molecular complexity index is 665. The molecule has 21 heavy (non-hydrogen) atoms. The Labute approximate surface area is 132 Å². The zero-order chi connectivity index (χ0) is 15.4. The number of rotatable bonds is 3. The first-order valence-electron chi connectivity index (χ1n) is 6.46. The molecule has 2 rings (SSSR count). The predicted octanol–water partition coefficient (Wildman–Crippen LogP) is 3.35. The fourth-order valence-electron chi connectivity index (χ4n) is 1.83. The summed E-state index contributed by atoms with van der Waals surface area (Å²) in [5.41, 5.74) is 6.33. The van der Waals surface area contributed by atoms with E-state index in [0.717, 1.165) is 12.0 Å². The number of amides is 2. The number of carbonyl (C=O) groups is 2. The molecule has 0 unspecified atom stereocenters. The largest absolute Gasteiger partial charge is 0.279 e. The molecule has 2 amide bonds. The van der Waals surface area contributed by atoms with E-state index in [1.807, 2.05) is 19.9 Å². The molecule has 0 radical (unpaired) electrons. The Kier molecular flexibility index (Phi) is 4.98. The maximum atomic E-state index is 12.0. The van der Waals surface area contributed by atoms with Gasteiger partial charge in [-0.05, 0) is 49.2 Å². The molecule has 0 bridgehead atoms. The van der Waals surface area contributed by atoms with Crippen molar-refractivity contribution in [2.45, 2.75) is 20.3 Å². The molecular formula is C15H15ClN2O2S. The van der Waals surface area contributed by atoms with Crippen molar-refractivity contribution in [1.82, 2.24) is 10.9 Å². The third-order valence-corrected chi connectivity index (χ3v) is 4.59. The molecule has 1 aromatic carbocycles. The summed E-state index contributed by atoms with van der Waals surface area (Å²) in [5.74, 6) is -0.700. The smallest absolute Gasteiger partial charge is 0.267 e. The molecule has 0 spiro atoms. The van der Waals surface area contributed by atoms with E-state index in [4.69, 9.17) is 11.6 Å². The van der Waals surface area contributed by atoms with Crippen LogP contribution in [0.15, 0.2) is 30.3 Å². The van der Waals surface area contributed by atoms with Gasteiger partial charge in [-0.25, -0.2) is 0 Å². The van der Waals surface area contributed by atoms with Gasteiger partial charge in [-0.1, -0.05) is 18.5 Å². The summed E-state index contributed by atoms with van der Waals surface area (Å²) in [4.78, 5) is 25.6. The SMILES string of the molecule is CCc1sc(C(=O)NNC(=O)c2ccc(Cl)cc2)cc1C. The first-order valence-corrected chi connectivity index (χ1v) is 7.66. The van der Waals surface area contributed by atoms with E-state index in [9.17, 15) is 9.59 Å². The summed E-state index contributed by atoms with van der Waals surface area (Å²) in [6.07, 6.45) is 0.890. The normalized spacial score (nSPS) is 10.2. The van der Waals surface area contributed by atoms with E-state index in [1.165, 1.54) is 16.2 Å². The second-order valence-corrected chi connectivity index (χ2v) is 6.06. The van der Waals surface area contributed by atoms with E-state index < -0.39 is 0 Å². The van der Waals surface area contributed by atoms with Crippen molar-refractivity contribution in [3.05, 3.63) is 56.2 Å². The number of nitrogens with one attached hydrogen (secondary N) is 2. The van der Waals surface area contributed by atoms with Crippen molar-refractivity contribution in [2.75, 3.05) is 0 Å². The summed E-state index contributed by atoms with van der Waals surface area (Å²) in [6, 6.07) is 8.25. The van der Waals surface area contributed by atoms with Crippen LogP contribution in [-0.4, -0.2) is 11.8 Å². The molecule has 0 fully saturated rings. The molecule has 0 aliphatic heterocycles. The molecule has 2 N–H and O–H groups in total. The van der Waals surface area contributed by atoms with Crippen molar-refractivity contribution >= 4 is 34.8 Å². The minimum atomic E-state index is -0.385. The van der Waals surface area contributed by atoms with Gasteiger partial charge in [-0.15, -0.1) is 11.3 Å². The molecule has 0 aliphatic carbocycles. The monoisotopic (exact) mass is 322 g/mol. The van der Waals surface area contributed by atoms with Crippen molar-refractivity contribution < 1.29 is 9.59 Å². The zero-order valence-corrected chi connectivity index (χ0v) is 13.3. The van der Waals surface area contributed by atoms with Gasteiger partial charge in [0.2, 0.25) is 0 Å². The number of hydrogen-bond donors (Lipinski definition) is 2.